The Hall–Kier alpha value is -2.32. The largest absolute Gasteiger partial charge is 0.507 e. The fourth-order valence-corrected chi connectivity index (χ4v) is 6.71. The number of carbonyl (C=O) groups excluding carboxylic acids is 2. The van der Waals surface area contributed by atoms with Crippen molar-refractivity contribution in [3.8, 4) is 11.5 Å². The third-order valence-electron chi connectivity index (χ3n) is 8.82. The van der Waals surface area contributed by atoms with Gasteiger partial charge in [-0.05, 0) is 55.1 Å². The monoisotopic (exact) mass is 444 g/mol. The quantitative estimate of drug-likeness (QED) is 0.655. The van der Waals surface area contributed by atoms with Crippen LogP contribution in [0.15, 0.2) is 12.1 Å². The van der Waals surface area contributed by atoms with Gasteiger partial charge in [0.15, 0.2) is 0 Å². The molecule has 2 heterocycles. The van der Waals surface area contributed by atoms with E-state index in [1.807, 2.05) is 0 Å². The molecule has 4 N–H and O–H groups in total. The summed E-state index contributed by atoms with van der Waals surface area (Å²) >= 11 is 0. The zero-order chi connectivity index (χ0) is 23.0. The third kappa shape index (κ3) is 2.75. The van der Waals surface area contributed by atoms with E-state index in [0.29, 0.717) is 43.2 Å². The summed E-state index contributed by atoms with van der Waals surface area (Å²) in [5, 5.41) is 23.1. The molecule has 4 fully saturated rings. The highest BCUT2D eigenvalue weighted by Gasteiger charge is 2.70. The number of aromatic hydroxyl groups is 1. The van der Waals surface area contributed by atoms with Gasteiger partial charge in [-0.3, -0.25) is 9.59 Å². The molecule has 8 nitrogen and oxygen atoms in total. The zero-order valence-electron chi connectivity index (χ0n) is 18.8. The van der Waals surface area contributed by atoms with Crippen LogP contribution in [-0.2, 0) is 9.53 Å². The Kier molecular flexibility index (Phi) is 4.77. The maximum Gasteiger partial charge on any atom is 0.257 e. The number of phenolic OH excluding ortho intramolecular Hbond substituents is 1. The van der Waals surface area contributed by atoms with E-state index in [0.717, 1.165) is 12.8 Å². The molecular weight excluding hydrogens is 412 g/mol. The van der Waals surface area contributed by atoms with Crippen LogP contribution in [0.2, 0.25) is 0 Å². The number of ether oxygens (including phenoxy) is 2. The number of nitrogens with two attached hydrogens (primary N) is 1. The molecule has 1 aromatic rings. The molecule has 0 aromatic heterocycles. The number of rotatable bonds is 3. The average Bonchev–Trinajstić information content (AvgIpc) is 2.76. The van der Waals surface area contributed by atoms with Crippen LogP contribution in [0, 0.1) is 23.2 Å². The SMILES string of the molecule is CO[C@H]1c2c(ccc(C(=O)N3CCC(C(N)=O)CC3)c2O)O[C@@H]2C[C@H]3C[C@H](C3(C)C)[C@@]21O. The zero-order valence-corrected chi connectivity index (χ0v) is 18.8. The van der Waals surface area contributed by atoms with Crippen LogP contribution in [0.1, 0.15) is 61.6 Å². The number of aliphatic hydroxyl groups is 1. The second kappa shape index (κ2) is 7.09. The van der Waals surface area contributed by atoms with Crippen LogP contribution in [0.5, 0.6) is 11.5 Å². The van der Waals surface area contributed by atoms with Crippen molar-refractivity contribution in [3.63, 3.8) is 0 Å². The van der Waals surface area contributed by atoms with Gasteiger partial charge in [0, 0.05) is 26.1 Å². The molecule has 0 spiro atoms. The van der Waals surface area contributed by atoms with Gasteiger partial charge in [0.2, 0.25) is 5.91 Å². The molecule has 32 heavy (non-hydrogen) atoms. The number of amides is 2. The van der Waals surface area contributed by atoms with Crippen molar-refractivity contribution >= 4 is 11.8 Å². The van der Waals surface area contributed by atoms with Gasteiger partial charge >= 0.3 is 0 Å². The van der Waals surface area contributed by atoms with Gasteiger partial charge < -0.3 is 30.3 Å². The van der Waals surface area contributed by atoms with E-state index in [2.05, 4.69) is 13.8 Å². The number of likely N-dealkylation sites (tertiary alicyclic amines) is 1. The summed E-state index contributed by atoms with van der Waals surface area (Å²) in [6, 6.07) is 3.26. The normalized spacial score (nSPS) is 35.2. The van der Waals surface area contributed by atoms with Gasteiger partial charge in [-0.1, -0.05) is 13.8 Å². The van der Waals surface area contributed by atoms with Crippen molar-refractivity contribution in [1.29, 1.82) is 0 Å². The first-order chi connectivity index (χ1) is 15.1. The summed E-state index contributed by atoms with van der Waals surface area (Å²) in [5.41, 5.74) is 4.56. The summed E-state index contributed by atoms with van der Waals surface area (Å²) in [6.07, 6.45) is 1.44. The molecule has 0 unspecified atom stereocenters. The lowest BCUT2D eigenvalue weighted by atomic mass is 9.42. The molecule has 1 aromatic carbocycles. The average molecular weight is 445 g/mol. The lowest BCUT2D eigenvalue weighted by Gasteiger charge is -2.67. The van der Waals surface area contributed by atoms with Crippen LogP contribution in [0.4, 0.5) is 0 Å². The number of carbonyl (C=O) groups is 2. The maximum absolute atomic E-state index is 13.2. The van der Waals surface area contributed by atoms with Crippen molar-refractivity contribution < 1.29 is 29.3 Å². The molecule has 3 saturated carbocycles. The summed E-state index contributed by atoms with van der Waals surface area (Å²) in [6.45, 7) is 5.13. The molecule has 174 valence electrons. The molecule has 6 rings (SSSR count). The number of hydrogen-bond acceptors (Lipinski definition) is 6. The number of fused-ring (bicyclic) bond motifs is 1. The Labute approximate surface area is 187 Å². The van der Waals surface area contributed by atoms with Crippen molar-refractivity contribution in [1.82, 2.24) is 4.90 Å². The molecular formula is C24H32N2O6. The topological polar surface area (TPSA) is 122 Å². The van der Waals surface area contributed by atoms with Gasteiger partial charge in [-0.15, -0.1) is 0 Å². The van der Waals surface area contributed by atoms with Gasteiger partial charge in [0.05, 0.1) is 11.1 Å². The van der Waals surface area contributed by atoms with Gasteiger partial charge in [-0.25, -0.2) is 0 Å². The van der Waals surface area contributed by atoms with Crippen LogP contribution in [0.25, 0.3) is 0 Å². The van der Waals surface area contributed by atoms with Crippen molar-refractivity contribution in [2.24, 2.45) is 28.9 Å². The van der Waals surface area contributed by atoms with Gasteiger partial charge in [0.1, 0.15) is 29.3 Å². The predicted octanol–water partition coefficient (Wildman–Crippen LogP) is 1.98. The molecule has 8 heteroatoms. The number of hydrogen-bond donors (Lipinski definition) is 3. The van der Waals surface area contributed by atoms with Crippen molar-refractivity contribution in [3.05, 3.63) is 23.3 Å². The van der Waals surface area contributed by atoms with Crippen molar-refractivity contribution in [2.75, 3.05) is 20.2 Å². The van der Waals surface area contributed by atoms with Crippen molar-refractivity contribution in [2.45, 2.75) is 57.3 Å². The number of benzene rings is 1. The lowest BCUT2D eigenvalue weighted by Crippen LogP contribution is -2.72. The summed E-state index contributed by atoms with van der Waals surface area (Å²) in [4.78, 5) is 26.3. The predicted molar refractivity (Wildman–Crippen MR) is 115 cm³/mol. The first-order valence-corrected chi connectivity index (χ1v) is 11.5. The molecule has 2 aliphatic heterocycles. The van der Waals surface area contributed by atoms with Gasteiger partial charge in [-0.2, -0.15) is 0 Å². The third-order valence-corrected chi connectivity index (χ3v) is 8.82. The fraction of sp³-hybridized carbons (Fsp3) is 0.667. The van der Waals surface area contributed by atoms with E-state index >= 15 is 0 Å². The lowest BCUT2D eigenvalue weighted by molar-refractivity contribution is -0.293. The highest BCUT2D eigenvalue weighted by molar-refractivity contribution is 5.98. The van der Waals surface area contributed by atoms with E-state index in [1.54, 1.807) is 17.0 Å². The van der Waals surface area contributed by atoms with E-state index in [9.17, 15) is 19.8 Å². The first-order valence-electron chi connectivity index (χ1n) is 11.5. The van der Waals surface area contributed by atoms with E-state index in [4.69, 9.17) is 15.2 Å². The molecule has 5 atom stereocenters. The minimum Gasteiger partial charge on any atom is -0.507 e. The molecule has 2 amide bonds. The number of piperidine rings is 1. The summed E-state index contributed by atoms with van der Waals surface area (Å²) < 4.78 is 12.0. The first kappa shape index (κ1) is 21.5. The van der Waals surface area contributed by atoms with E-state index in [-0.39, 0.29) is 40.4 Å². The Bertz CT molecular complexity index is 969. The Morgan fingerprint density at radius 2 is 1.91 bits per heavy atom. The van der Waals surface area contributed by atoms with Crippen LogP contribution in [-0.4, -0.2) is 58.8 Å². The molecule has 3 aliphatic carbocycles. The number of nitrogens with zero attached hydrogens (tertiary/aromatic N) is 1. The second-order valence-corrected chi connectivity index (χ2v) is 10.5. The molecule has 1 saturated heterocycles. The smallest absolute Gasteiger partial charge is 0.257 e. The van der Waals surface area contributed by atoms with Crippen LogP contribution < -0.4 is 10.5 Å². The highest BCUT2D eigenvalue weighted by atomic mass is 16.5. The Morgan fingerprint density at radius 3 is 2.50 bits per heavy atom. The fourth-order valence-electron chi connectivity index (χ4n) is 6.71. The second-order valence-electron chi connectivity index (χ2n) is 10.5. The van der Waals surface area contributed by atoms with Crippen LogP contribution >= 0.6 is 0 Å². The molecule has 5 aliphatic rings. The highest BCUT2D eigenvalue weighted by Crippen LogP contribution is 2.68. The maximum atomic E-state index is 13.2. The number of phenols is 1. The molecule has 0 radical (unpaired) electrons. The molecule has 2 bridgehead atoms. The number of methoxy groups -OCH3 is 1. The van der Waals surface area contributed by atoms with Gasteiger partial charge in [0.25, 0.3) is 5.91 Å². The van der Waals surface area contributed by atoms with E-state index < -0.39 is 17.8 Å². The Morgan fingerprint density at radius 1 is 1.22 bits per heavy atom. The minimum absolute atomic E-state index is 0.0246. The summed E-state index contributed by atoms with van der Waals surface area (Å²) in [5.74, 6) is -0.183. The van der Waals surface area contributed by atoms with E-state index in [1.165, 1.54) is 7.11 Å². The minimum atomic E-state index is -1.28. The standard InChI is InChI=1S/C24H32N2O6/c1-23(2)13-10-16(23)24(30)17(11-13)32-15-5-4-14(19(27)18(15)20(24)31-3)22(29)26-8-6-12(7-9-26)21(25)28/h4-5,12-13,16-17,20,27,30H,6-11H2,1-3H3,(H2,25,28)/t13-,16-,17-,20+,24-/m1/s1. The summed E-state index contributed by atoms with van der Waals surface area (Å²) in [7, 11) is 1.52. The Balaban J connectivity index is 1.48. The van der Waals surface area contributed by atoms with Crippen LogP contribution in [0.3, 0.4) is 0 Å². The number of primary amides is 1.